The quantitative estimate of drug-likeness (QED) is 0.696. The molecule has 14 heavy (non-hydrogen) atoms. The minimum Gasteiger partial charge on any atom is -0.392 e. The van der Waals surface area contributed by atoms with Gasteiger partial charge in [-0.25, -0.2) is 0 Å². The van der Waals surface area contributed by atoms with Gasteiger partial charge in [0, 0.05) is 13.1 Å². The van der Waals surface area contributed by atoms with Gasteiger partial charge in [0.25, 0.3) is 0 Å². The first-order chi connectivity index (χ1) is 6.39. The summed E-state index contributed by atoms with van der Waals surface area (Å²) in [5.74, 6) is 0. The summed E-state index contributed by atoms with van der Waals surface area (Å²) in [4.78, 5) is 1.44. The molecule has 6 heteroatoms. The van der Waals surface area contributed by atoms with Crippen LogP contribution in [0.5, 0.6) is 0 Å². The molecular formula is C8H14F3NO2. The number of rotatable bonds is 2. The maximum atomic E-state index is 12.0. The van der Waals surface area contributed by atoms with Gasteiger partial charge in [-0.1, -0.05) is 0 Å². The summed E-state index contributed by atoms with van der Waals surface area (Å²) in [6.45, 7) is 0.276. The highest BCUT2D eigenvalue weighted by Gasteiger charge is 2.39. The predicted molar refractivity (Wildman–Crippen MR) is 43.7 cm³/mol. The maximum absolute atomic E-state index is 12.0. The first-order valence-electron chi connectivity index (χ1n) is 4.55. The Morgan fingerprint density at radius 1 is 1.43 bits per heavy atom. The van der Waals surface area contributed by atoms with Crippen molar-refractivity contribution in [3.05, 3.63) is 0 Å². The maximum Gasteiger partial charge on any atom is 0.415 e. The Hall–Kier alpha value is -0.330. The van der Waals surface area contributed by atoms with Gasteiger partial charge in [0.1, 0.15) is 0 Å². The van der Waals surface area contributed by atoms with Crippen LogP contribution in [-0.4, -0.2) is 53.1 Å². The van der Waals surface area contributed by atoms with Gasteiger partial charge in [-0.3, -0.25) is 4.90 Å². The molecule has 1 aliphatic heterocycles. The summed E-state index contributed by atoms with van der Waals surface area (Å²) in [7, 11) is 0. The van der Waals surface area contributed by atoms with Gasteiger partial charge in [0.2, 0.25) is 0 Å². The highest BCUT2D eigenvalue weighted by Crippen LogP contribution is 2.21. The van der Waals surface area contributed by atoms with E-state index in [2.05, 4.69) is 0 Å². The van der Waals surface area contributed by atoms with E-state index in [1.165, 1.54) is 4.90 Å². The molecule has 84 valence electrons. The van der Waals surface area contributed by atoms with Crippen LogP contribution in [0.15, 0.2) is 0 Å². The zero-order chi connectivity index (χ0) is 10.8. The first kappa shape index (κ1) is 11.7. The summed E-state index contributed by atoms with van der Waals surface area (Å²) >= 11 is 0. The molecule has 0 aromatic rings. The molecule has 0 amide bonds. The van der Waals surface area contributed by atoms with Gasteiger partial charge < -0.3 is 10.2 Å². The van der Waals surface area contributed by atoms with E-state index in [4.69, 9.17) is 5.11 Å². The topological polar surface area (TPSA) is 43.7 Å². The van der Waals surface area contributed by atoms with Crippen LogP contribution in [0.3, 0.4) is 0 Å². The minimum absolute atomic E-state index is 0.215. The zero-order valence-corrected chi connectivity index (χ0v) is 7.67. The number of aliphatic hydroxyl groups excluding tert-OH is 2. The number of likely N-dealkylation sites (tertiary alicyclic amines) is 1. The van der Waals surface area contributed by atoms with E-state index in [0.29, 0.717) is 19.4 Å². The fourth-order valence-electron chi connectivity index (χ4n) is 1.55. The second-order valence-corrected chi connectivity index (χ2v) is 3.61. The Morgan fingerprint density at radius 3 is 2.57 bits per heavy atom. The molecule has 0 spiro atoms. The third kappa shape index (κ3) is 3.43. The van der Waals surface area contributed by atoms with Crippen LogP contribution < -0.4 is 0 Å². The summed E-state index contributed by atoms with van der Waals surface area (Å²) in [5, 5.41) is 18.0. The fourth-order valence-corrected chi connectivity index (χ4v) is 1.55. The second kappa shape index (κ2) is 4.46. The SMILES string of the molecule is OC(CN1CCC[C@H](O)C1)C(F)(F)F. The van der Waals surface area contributed by atoms with Crippen LogP contribution in [-0.2, 0) is 0 Å². The van der Waals surface area contributed by atoms with Crippen molar-refractivity contribution in [2.75, 3.05) is 19.6 Å². The molecule has 1 heterocycles. The second-order valence-electron chi connectivity index (χ2n) is 3.61. The lowest BCUT2D eigenvalue weighted by Gasteiger charge is -2.31. The average molecular weight is 213 g/mol. The van der Waals surface area contributed by atoms with Crippen LogP contribution in [0.25, 0.3) is 0 Å². The molecular weight excluding hydrogens is 199 g/mol. The van der Waals surface area contributed by atoms with Crippen molar-refractivity contribution >= 4 is 0 Å². The molecule has 0 aromatic heterocycles. The molecule has 1 unspecified atom stereocenters. The molecule has 1 fully saturated rings. The highest BCUT2D eigenvalue weighted by atomic mass is 19.4. The minimum atomic E-state index is -4.57. The van der Waals surface area contributed by atoms with Crippen molar-refractivity contribution in [2.45, 2.75) is 31.2 Å². The van der Waals surface area contributed by atoms with Gasteiger partial charge in [-0.15, -0.1) is 0 Å². The van der Waals surface area contributed by atoms with Gasteiger partial charge >= 0.3 is 6.18 Å². The van der Waals surface area contributed by atoms with E-state index >= 15 is 0 Å². The molecule has 2 atom stereocenters. The molecule has 2 N–H and O–H groups in total. The standard InChI is InChI=1S/C8H14F3NO2/c9-8(10,11)7(14)5-12-3-1-2-6(13)4-12/h6-7,13-14H,1-5H2/t6-,7?/m0/s1. The fraction of sp³-hybridized carbons (Fsp3) is 1.00. The zero-order valence-electron chi connectivity index (χ0n) is 7.67. The highest BCUT2D eigenvalue weighted by molar-refractivity contribution is 4.76. The number of halogens is 3. The number of nitrogens with zero attached hydrogens (tertiary/aromatic N) is 1. The molecule has 1 rings (SSSR count). The van der Waals surface area contributed by atoms with E-state index in [9.17, 15) is 18.3 Å². The van der Waals surface area contributed by atoms with Gasteiger partial charge in [0.15, 0.2) is 6.10 Å². The van der Waals surface area contributed by atoms with Crippen LogP contribution in [0.4, 0.5) is 13.2 Å². The molecule has 1 aliphatic rings. The number of piperidine rings is 1. The van der Waals surface area contributed by atoms with E-state index in [1.54, 1.807) is 0 Å². The van der Waals surface area contributed by atoms with Gasteiger partial charge in [-0.05, 0) is 19.4 Å². The molecule has 0 radical (unpaired) electrons. The lowest BCUT2D eigenvalue weighted by Crippen LogP contribution is -2.46. The Morgan fingerprint density at radius 2 is 2.07 bits per heavy atom. The molecule has 0 aliphatic carbocycles. The Bertz CT molecular complexity index is 186. The van der Waals surface area contributed by atoms with Crippen LogP contribution in [0.1, 0.15) is 12.8 Å². The lowest BCUT2D eigenvalue weighted by molar-refractivity contribution is -0.209. The van der Waals surface area contributed by atoms with Gasteiger partial charge in [-0.2, -0.15) is 13.2 Å². The summed E-state index contributed by atoms with van der Waals surface area (Å²) in [5.41, 5.74) is 0. The molecule has 1 saturated heterocycles. The normalized spacial score (nSPS) is 27.6. The van der Waals surface area contributed by atoms with Gasteiger partial charge in [0.05, 0.1) is 6.10 Å². The third-order valence-corrected chi connectivity index (χ3v) is 2.29. The first-order valence-corrected chi connectivity index (χ1v) is 4.55. The Labute approximate surface area is 80.1 Å². The van der Waals surface area contributed by atoms with Crippen molar-refractivity contribution in [2.24, 2.45) is 0 Å². The number of hydrogen-bond acceptors (Lipinski definition) is 3. The molecule has 0 aromatic carbocycles. The summed E-state index contributed by atoms with van der Waals surface area (Å²) in [6.07, 6.45) is -6.15. The van der Waals surface area contributed by atoms with Crippen LogP contribution >= 0.6 is 0 Å². The largest absolute Gasteiger partial charge is 0.415 e. The monoisotopic (exact) mass is 213 g/mol. The molecule has 3 nitrogen and oxygen atoms in total. The number of hydrogen-bond donors (Lipinski definition) is 2. The summed E-state index contributed by atoms with van der Waals surface area (Å²) in [6, 6.07) is 0. The number of β-amino-alcohol motifs (C(OH)–C–C–N with tert-alkyl or cyclic N) is 2. The Balaban J connectivity index is 2.36. The number of alkyl halides is 3. The number of aliphatic hydroxyl groups is 2. The van der Waals surface area contributed by atoms with E-state index in [-0.39, 0.29) is 6.54 Å². The van der Waals surface area contributed by atoms with Crippen LogP contribution in [0, 0.1) is 0 Å². The van der Waals surface area contributed by atoms with Crippen molar-refractivity contribution in [3.63, 3.8) is 0 Å². The van der Waals surface area contributed by atoms with Crippen LogP contribution in [0.2, 0.25) is 0 Å². The van der Waals surface area contributed by atoms with Crippen molar-refractivity contribution in [1.29, 1.82) is 0 Å². The molecule has 0 saturated carbocycles. The van der Waals surface area contributed by atoms with Crippen molar-refractivity contribution in [1.82, 2.24) is 4.90 Å². The molecule has 0 bridgehead atoms. The third-order valence-electron chi connectivity index (χ3n) is 2.29. The van der Waals surface area contributed by atoms with E-state index < -0.39 is 24.9 Å². The van der Waals surface area contributed by atoms with E-state index in [0.717, 1.165) is 0 Å². The predicted octanol–water partition coefficient (Wildman–Crippen LogP) is 0.366. The average Bonchev–Trinajstić information content (AvgIpc) is 2.02. The lowest BCUT2D eigenvalue weighted by atomic mass is 10.1. The Kier molecular flexibility index (Phi) is 3.74. The summed E-state index contributed by atoms with van der Waals surface area (Å²) < 4.78 is 35.9. The van der Waals surface area contributed by atoms with Crippen molar-refractivity contribution < 1.29 is 23.4 Å². The van der Waals surface area contributed by atoms with E-state index in [1.807, 2.05) is 0 Å². The smallest absolute Gasteiger partial charge is 0.392 e. The van der Waals surface area contributed by atoms with Crippen molar-refractivity contribution in [3.8, 4) is 0 Å².